The van der Waals surface area contributed by atoms with E-state index < -0.39 is 39.9 Å². The lowest BCUT2D eigenvalue weighted by molar-refractivity contribution is -0.155. The van der Waals surface area contributed by atoms with Crippen LogP contribution in [0.25, 0.3) is 0 Å². The minimum atomic E-state index is -0.714. The van der Waals surface area contributed by atoms with Crippen molar-refractivity contribution in [2.24, 2.45) is 11.8 Å². The fraction of sp³-hybridized carbons (Fsp3) is 0.619. The van der Waals surface area contributed by atoms with Crippen molar-refractivity contribution < 1.29 is 37.6 Å². The molecular weight excluding hydrogens is 721 g/mol. The van der Waals surface area contributed by atoms with Crippen molar-refractivity contribution in [3.05, 3.63) is 53.9 Å². The second kappa shape index (κ2) is 20.3. The number of piperidine rings is 2. The van der Waals surface area contributed by atoms with Crippen LogP contribution < -0.4 is 10.1 Å². The Morgan fingerprint density at radius 2 is 1.62 bits per heavy atom. The molecule has 0 aliphatic carbocycles. The smallest absolute Gasteiger partial charge is 0.410 e. The molecule has 2 aromatic rings. The van der Waals surface area contributed by atoms with Gasteiger partial charge in [0.2, 0.25) is 11.8 Å². The highest BCUT2D eigenvalue weighted by atomic mass is 32.2. The maximum absolute atomic E-state index is 13.8. The second-order valence-corrected chi connectivity index (χ2v) is 18.2. The van der Waals surface area contributed by atoms with Crippen LogP contribution >= 0.6 is 10.8 Å². The standard InChI is InChI=1S/C42H62N4O8S/c1-9-55(35-15-12-30(2)13-16-35)52-24-23-51-34-25-33(27-43-28-34)36(26-38(48)53-41(3,4)5)44-39(49)32-11-10-20-46(29-32)37(47)17-14-31-18-21-45(22-19-31)40(50)54-42(6,7)8/h9,12-13,15-16,25,27-28,31-32,36H,10-11,14,17-24,26,29H2,1-8H3,(H,44,49)/t32-,36+,55?/m1/s1. The number of benzene rings is 1. The zero-order valence-corrected chi connectivity index (χ0v) is 34.9. The van der Waals surface area contributed by atoms with Gasteiger partial charge in [0.05, 0.1) is 31.2 Å². The van der Waals surface area contributed by atoms with E-state index in [-0.39, 0.29) is 30.9 Å². The summed E-state index contributed by atoms with van der Waals surface area (Å²) >= 11 is 0. The number of aryl methyl sites for hydroxylation is 1. The normalized spacial score (nSPS) is 18.0. The van der Waals surface area contributed by atoms with Gasteiger partial charge < -0.3 is 33.5 Å². The molecule has 0 radical (unpaired) electrons. The molecule has 0 bridgehead atoms. The first kappa shape index (κ1) is 43.8. The highest BCUT2D eigenvalue weighted by Crippen LogP contribution is 2.29. The predicted molar refractivity (Wildman–Crippen MR) is 215 cm³/mol. The summed E-state index contributed by atoms with van der Waals surface area (Å²) in [7, 11) is -0.471. The number of pyridine rings is 1. The van der Waals surface area contributed by atoms with E-state index in [1.165, 1.54) is 5.56 Å². The quantitative estimate of drug-likeness (QED) is 0.118. The van der Waals surface area contributed by atoms with Gasteiger partial charge >= 0.3 is 12.1 Å². The summed E-state index contributed by atoms with van der Waals surface area (Å²) in [6, 6.07) is 9.33. The number of nitrogens with zero attached hydrogens (tertiary/aromatic N) is 3. The van der Waals surface area contributed by atoms with Crippen molar-refractivity contribution in [2.75, 3.05) is 39.4 Å². The van der Waals surface area contributed by atoms with Crippen molar-refractivity contribution in [3.63, 3.8) is 0 Å². The largest absolute Gasteiger partial charge is 0.490 e. The second-order valence-electron chi connectivity index (χ2n) is 16.5. The first-order chi connectivity index (χ1) is 26.0. The number of carbonyl (C=O) groups excluding carboxylic acids is 4. The number of ether oxygens (including phenoxy) is 3. The molecule has 0 spiro atoms. The molecule has 3 atom stereocenters. The molecule has 2 aliphatic heterocycles. The van der Waals surface area contributed by atoms with Gasteiger partial charge in [0.25, 0.3) is 0 Å². The van der Waals surface area contributed by atoms with E-state index in [4.69, 9.17) is 18.4 Å². The number of carbonyl (C=O) groups is 4. The van der Waals surface area contributed by atoms with Crippen LogP contribution in [-0.2, 0) is 28.0 Å². The van der Waals surface area contributed by atoms with Gasteiger partial charge in [-0.05, 0) is 133 Å². The molecule has 304 valence electrons. The van der Waals surface area contributed by atoms with Crippen molar-refractivity contribution in [1.82, 2.24) is 20.1 Å². The minimum absolute atomic E-state index is 0.0398. The van der Waals surface area contributed by atoms with Crippen LogP contribution in [0.15, 0.2) is 47.6 Å². The Morgan fingerprint density at radius 3 is 2.27 bits per heavy atom. The van der Waals surface area contributed by atoms with Gasteiger partial charge in [0.1, 0.15) is 23.6 Å². The zero-order chi connectivity index (χ0) is 40.2. The fourth-order valence-corrected chi connectivity index (χ4v) is 7.85. The van der Waals surface area contributed by atoms with Gasteiger partial charge in [-0.15, -0.1) is 0 Å². The van der Waals surface area contributed by atoms with Crippen LogP contribution in [0.2, 0.25) is 0 Å². The van der Waals surface area contributed by atoms with E-state index in [1.54, 1.807) is 49.0 Å². The summed E-state index contributed by atoms with van der Waals surface area (Å²) in [5, 5.41) is 5.11. The number of aromatic nitrogens is 1. The maximum atomic E-state index is 13.8. The van der Waals surface area contributed by atoms with E-state index in [0.717, 1.165) is 24.2 Å². The van der Waals surface area contributed by atoms with Crippen LogP contribution in [0.1, 0.15) is 111 Å². The lowest BCUT2D eigenvalue weighted by Crippen LogP contribution is -2.46. The number of hydrogen-bond acceptors (Lipinski definition) is 9. The van der Waals surface area contributed by atoms with Crippen molar-refractivity contribution in [2.45, 2.75) is 122 Å². The molecule has 1 unspecified atom stereocenters. The van der Waals surface area contributed by atoms with Crippen molar-refractivity contribution in [1.29, 1.82) is 0 Å². The first-order valence-electron chi connectivity index (χ1n) is 19.6. The van der Waals surface area contributed by atoms with E-state index in [9.17, 15) is 19.2 Å². The molecule has 1 aromatic heterocycles. The molecule has 2 saturated heterocycles. The molecule has 3 amide bonds. The number of likely N-dealkylation sites (tertiary alicyclic amines) is 2. The Balaban J connectivity index is 1.32. The van der Waals surface area contributed by atoms with E-state index in [0.29, 0.717) is 69.3 Å². The number of esters is 1. The number of nitrogens with one attached hydrogen (secondary N) is 1. The number of rotatable bonds is 14. The molecule has 3 heterocycles. The van der Waals surface area contributed by atoms with Crippen LogP contribution in [0, 0.1) is 18.8 Å². The SMILES string of the molecule is C/C=S(/OCCOc1cncc([C@H](CC(=O)OC(C)(C)C)NC(=O)[C@@H]2CCCN(C(=O)CCC3CCN(C(=O)OC(C)(C)C)CC3)C2)c1)c1ccc(C)cc1. The Hall–Kier alpha value is -3.97. The number of hydrogen-bond donors (Lipinski definition) is 1. The van der Waals surface area contributed by atoms with Crippen LogP contribution in [0.4, 0.5) is 4.79 Å². The lowest BCUT2D eigenvalue weighted by Gasteiger charge is -2.35. The summed E-state index contributed by atoms with van der Waals surface area (Å²) in [5.41, 5.74) is 0.576. The molecule has 2 fully saturated rings. The molecular formula is C42H62N4O8S. The highest BCUT2D eigenvalue weighted by Gasteiger charge is 2.32. The first-order valence-corrected chi connectivity index (χ1v) is 20.8. The van der Waals surface area contributed by atoms with Crippen LogP contribution in [-0.4, -0.2) is 94.6 Å². The third-order valence-corrected chi connectivity index (χ3v) is 11.0. The molecule has 13 heteroatoms. The van der Waals surface area contributed by atoms with Crippen molar-refractivity contribution in [3.8, 4) is 5.75 Å². The van der Waals surface area contributed by atoms with Gasteiger partial charge in [-0.1, -0.05) is 17.7 Å². The van der Waals surface area contributed by atoms with E-state index >= 15 is 0 Å². The minimum Gasteiger partial charge on any atom is -0.490 e. The Morgan fingerprint density at radius 1 is 0.927 bits per heavy atom. The summed E-state index contributed by atoms with van der Waals surface area (Å²) in [5.74, 6) is -0.207. The topological polar surface area (TPSA) is 137 Å². The third-order valence-electron chi connectivity index (χ3n) is 9.45. The predicted octanol–water partition coefficient (Wildman–Crippen LogP) is 7.41. The Kier molecular flexibility index (Phi) is 16.1. The Bertz CT molecular complexity index is 1630. The van der Waals surface area contributed by atoms with E-state index in [1.807, 2.05) is 33.1 Å². The molecule has 0 saturated carbocycles. The summed E-state index contributed by atoms with van der Waals surface area (Å²) in [6.45, 7) is 17.8. The molecule has 1 N–H and O–H groups in total. The average molecular weight is 783 g/mol. The zero-order valence-electron chi connectivity index (χ0n) is 34.1. The molecule has 4 rings (SSSR count). The fourth-order valence-electron chi connectivity index (χ4n) is 6.66. The van der Waals surface area contributed by atoms with Crippen molar-refractivity contribution >= 4 is 40.0 Å². The summed E-state index contributed by atoms with van der Waals surface area (Å²) in [4.78, 5) is 61.7. The van der Waals surface area contributed by atoms with Gasteiger partial charge in [-0.25, -0.2) is 4.79 Å². The van der Waals surface area contributed by atoms with Crippen LogP contribution in [0.3, 0.4) is 0 Å². The van der Waals surface area contributed by atoms with Gasteiger partial charge in [0.15, 0.2) is 0 Å². The highest BCUT2D eigenvalue weighted by molar-refractivity contribution is 8.10. The number of amides is 3. The Labute approximate surface area is 330 Å². The van der Waals surface area contributed by atoms with E-state index in [2.05, 4.69) is 41.5 Å². The molecule has 2 aliphatic rings. The van der Waals surface area contributed by atoms with Gasteiger partial charge in [-0.2, -0.15) is 0 Å². The monoisotopic (exact) mass is 782 g/mol. The maximum Gasteiger partial charge on any atom is 0.410 e. The lowest BCUT2D eigenvalue weighted by atomic mass is 9.91. The average Bonchev–Trinajstić information content (AvgIpc) is 3.13. The molecule has 55 heavy (non-hydrogen) atoms. The summed E-state index contributed by atoms with van der Waals surface area (Å²) < 4.78 is 23.2. The van der Waals surface area contributed by atoms with Gasteiger partial charge in [0, 0.05) is 43.7 Å². The van der Waals surface area contributed by atoms with Gasteiger partial charge in [-0.3, -0.25) is 19.4 Å². The molecule has 12 nitrogen and oxygen atoms in total. The van der Waals surface area contributed by atoms with Crippen LogP contribution in [0.5, 0.6) is 5.75 Å². The molecule has 1 aromatic carbocycles. The summed E-state index contributed by atoms with van der Waals surface area (Å²) in [6.07, 6.45) is 6.99. The third kappa shape index (κ3) is 14.9.